The molecule has 0 aliphatic rings. The Morgan fingerprint density at radius 2 is 1.50 bits per heavy atom. The molecule has 11 nitrogen and oxygen atoms in total. The number of carbonyl (C=O) groups is 4. The molecule has 2 unspecified atom stereocenters. The predicted molar refractivity (Wildman–Crippen MR) is 79.0 cm³/mol. The van der Waals surface area contributed by atoms with E-state index in [0.717, 1.165) is 0 Å². The van der Waals surface area contributed by atoms with E-state index in [1.54, 1.807) is 0 Å². The molecule has 0 saturated heterocycles. The molecule has 0 aliphatic carbocycles. The molecule has 0 aliphatic heterocycles. The van der Waals surface area contributed by atoms with Crippen molar-refractivity contribution in [2.45, 2.75) is 31.2 Å². The van der Waals surface area contributed by atoms with Gasteiger partial charge >= 0.3 is 23.9 Å². The van der Waals surface area contributed by atoms with Crippen molar-refractivity contribution in [3.63, 3.8) is 0 Å². The van der Waals surface area contributed by atoms with Crippen molar-refractivity contribution in [1.29, 1.82) is 0 Å². The van der Waals surface area contributed by atoms with E-state index < -0.39 is 80.7 Å². The van der Waals surface area contributed by atoms with E-state index in [1.807, 2.05) is 0 Å². The number of nitrogens with two attached hydrogens (primary N) is 1. The van der Waals surface area contributed by atoms with Gasteiger partial charge in [0.2, 0.25) is 7.37 Å². The third kappa shape index (κ3) is 8.04. The smallest absolute Gasteiger partial charge is 0.324 e. The van der Waals surface area contributed by atoms with Crippen LogP contribution in [0.4, 0.5) is 0 Å². The van der Waals surface area contributed by atoms with Crippen LogP contribution in [-0.4, -0.2) is 67.1 Å². The lowest BCUT2D eigenvalue weighted by molar-refractivity contribution is -0.144. The van der Waals surface area contributed by atoms with E-state index >= 15 is 0 Å². The first kappa shape index (κ1) is 22.0. The maximum absolute atomic E-state index is 12.2. The molecular weight excluding hydrogens is 349 g/mol. The minimum Gasteiger partial charge on any atom is -0.481 e. The van der Waals surface area contributed by atoms with Crippen LogP contribution in [0, 0.1) is 5.92 Å². The zero-order valence-corrected chi connectivity index (χ0v) is 13.5. The number of hydrogen-bond donors (Lipinski definition) is 6. The summed E-state index contributed by atoms with van der Waals surface area (Å²) in [6, 6.07) is 0. The highest BCUT2D eigenvalue weighted by atomic mass is 31.2. The lowest BCUT2D eigenvalue weighted by Crippen LogP contribution is -2.51. The molecule has 3 atom stereocenters. The summed E-state index contributed by atoms with van der Waals surface area (Å²) in [5, 5.41) is 35.2. The van der Waals surface area contributed by atoms with Crippen LogP contribution in [0.3, 0.4) is 0 Å². The van der Waals surface area contributed by atoms with E-state index in [0.29, 0.717) is 0 Å². The van der Waals surface area contributed by atoms with Crippen molar-refractivity contribution in [2.24, 2.45) is 11.7 Å². The third-order valence-electron chi connectivity index (χ3n) is 3.30. The summed E-state index contributed by atoms with van der Waals surface area (Å²) >= 11 is 0. The maximum Gasteiger partial charge on any atom is 0.324 e. The summed E-state index contributed by atoms with van der Waals surface area (Å²) in [7, 11) is -4.37. The third-order valence-corrected chi connectivity index (χ3v) is 5.37. The van der Waals surface area contributed by atoms with Crippen LogP contribution in [0.15, 0.2) is 0 Å². The largest absolute Gasteiger partial charge is 0.481 e. The van der Waals surface area contributed by atoms with E-state index in [9.17, 15) is 28.6 Å². The van der Waals surface area contributed by atoms with Crippen LogP contribution in [-0.2, 0) is 23.7 Å². The molecule has 0 spiro atoms. The normalized spacial score (nSPS) is 17.2. The first-order chi connectivity index (χ1) is 10.8. The van der Waals surface area contributed by atoms with Gasteiger partial charge in [-0.1, -0.05) is 0 Å². The van der Waals surface area contributed by atoms with Crippen molar-refractivity contribution in [3.05, 3.63) is 0 Å². The molecule has 0 radical (unpaired) electrons. The molecule has 0 saturated carbocycles. The van der Waals surface area contributed by atoms with Crippen LogP contribution in [0.5, 0.6) is 0 Å². The van der Waals surface area contributed by atoms with Gasteiger partial charge in [-0.25, -0.2) is 0 Å². The molecule has 12 heteroatoms. The summed E-state index contributed by atoms with van der Waals surface area (Å²) in [6.07, 6.45) is -4.08. The molecule has 138 valence electrons. The van der Waals surface area contributed by atoms with E-state index in [4.69, 9.17) is 26.2 Å². The summed E-state index contributed by atoms with van der Waals surface area (Å²) in [5.74, 6) is -7.27. The predicted octanol–water partition coefficient (Wildman–Crippen LogP) is -0.531. The van der Waals surface area contributed by atoms with Gasteiger partial charge in [0.05, 0.1) is 12.1 Å². The standard InChI is InChI=1S/C12H20NO10P/c13-12(11(20)21,4-3-9(16)17)6-24(22,23)5-7(10(18)19)1-2-8(14)15/h7H,1-6,13H2,(H,14,15)(H,16,17)(H,18,19)(H,20,21)(H,22,23)/t7?,12-/m1/s1. The van der Waals surface area contributed by atoms with Crippen molar-refractivity contribution in [2.75, 3.05) is 12.3 Å². The van der Waals surface area contributed by atoms with Gasteiger partial charge < -0.3 is 31.1 Å². The molecular formula is C12H20NO10P. The molecule has 0 bridgehead atoms. The average molecular weight is 369 g/mol. The first-order valence-corrected chi connectivity index (χ1v) is 8.81. The molecule has 0 rings (SSSR count). The van der Waals surface area contributed by atoms with Gasteiger partial charge in [-0.3, -0.25) is 23.7 Å². The van der Waals surface area contributed by atoms with E-state index in [2.05, 4.69) is 0 Å². The van der Waals surface area contributed by atoms with Gasteiger partial charge in [-0.2, -0.15) is 0 Å². The summed E-state index contributed by atoms with van der Waals surface area (Å²) in [4.78, 5) is 53.2. The Hall–Kier alpha value is -1.97. The van der Waals surface area contributed by atoms with Crippen molar-refractivity contribution < 1.29 is 49.1 Å². The molecule has 0 aromatic carbocycles. The van der Waals surface area contributed by atoms with Gasteiger partial charge in [-0.15, -0.1) is 0 Å². The average Bonchev–Trinajstić information content (AvgIpc) is 2.40. The number of rotatable bonds is 12. The molecule has 24 heavy (non-hydrogen) atoms. The van der Waals surface area contributed by atoms with Gasteiger partial charge in [0.15, 0.2) is 0 Å². The lowest BCUT2D eigenvalue weighted by atomic mass is 9.97. The SMILES string of the molecule is N[C@](CCC(=O)O)(CP(=O)(O)CC(CCC(=O)O)C(=O)O)C(=O)O. The van der Waals surface area contributed by atoms with Crippen molar-refractivity contribution >= 4 is 31.2 Å². The van der Waals surface area contributed by atoms with Crippen LogP contribution < -0.4 is 5.73 Å². The molecule has 0 aromatic rings. The fourth-order valence-electron chi connectivity index (χ4n) is 2.02. The molecule has 0 fully saturated rings. The van der Waals surface area contributed by atoms with Crippen LogP contribution in [0.2, 0.25) is 0 Å². The summed E-state index contributed by atoms with van der Waals surface area (Å²) in [6.45, 7) is 0. The minimum atomic E-state index is -4.37. The van der Waals surface area contributed by atoms with E-state index in [1.165, 1.54) is 0 Å². The van der Waals surface area contributed by atoms with Crippen LogP contribution >= 0.6 is 7.37 Å². The number of hydrogen-bond acceptors (Lipinski definition) is 6. The Morgan fingerprint density at radius 3 is 1.88 bits per heavy atom. The molecule has 0 aromatic heterocycles. The van der Waals surface area contributed by atoms with E-state index in [-0.39, 0.29) is 0 Å². The van der Waals surface area contributed by atoms with Crippen molar-refractivity contribution in [3.8, 4) is 0 Å². The molecule has 0 heterocycles. The Balaban J connectivity index is 5.13. The Morgan fingerprint density at radius 1 is 1.00 bits per heavy atom. The monoisotopic (exact) mass is 369 g/mol. The second kappa shape index (κ2) is 8.76. The van der Waals surface area contributed by atoms with Crippen LogP contribution in [0.1, 0.15) is 25.7 Å². The zero-order valence-electron chi connectivity index (χ0n) is 12.6. The first-order valence-electron chi connectivity index (χ1n) is 6.78. The highest BCUT2D eigenvalue weighted by Crippen LogP contribution is 2.46. The molecule has 0 amide bonds. The Labute approximate surface area is 136 Å². The van der Waals surface area contributed by atoms with Gasteiger partial charge in [-0.05, 0) is 12.8 Å². The quantitative estimate of drug-likeness (QED) is 0.240. The Kier molecular flexibility index (Phi) is 8.04. The summed E-state index contributed by atoms with van der Waals surface area (Å²) < 4.78 is 12.2. The number of carboxylic acid groups (broad SMARTS) is 4. The van der Waals surface area contributed by atoms with Gasteiger partial charge in [0, 0.05) is 19.0 Å². The highest BCUT2D eigenvalue weighted by molar-refractivity contribution is 7.58. The highest BCUT2D eigenvalue weighted by Gasteiger charge is 2.42. The number of aliphatic carboxylic acids is 4. The number of carboxylic acids is 4. The second-order valence-electron chi connectivity index (χ2n) is 5.51. The second-order valence-corrected chi connectivity index (χ2v) is 7.88. The molecule has 7 N–H and O–H groups in total. The summed E-state index contributed by atoms with van der Waals surface area (Å²) in [5.41, 5.74) is 3.21. The van der Waals surface area contributed by atoms with Crippen molar-refractivity contribution in [1.82, 2.24) is 0 Å². The topological polar surface area (TPSA) is 213 Å². The lowest BCUT2D eigenvalue weighted by Gasteiger charge is -2.27. The minimum absolute atomic E-state index is 0.408. The fraction of sp³-hybridized carbons (Fsp3) is 0.667. The fourth-order valence-corrected chi connectivity index (χ4v) is 4.36. The van der Waals surface area contributed by atoms with Gasteiger partial charge in [0.1, 0.15) is 5.54 Å². The zero-order chi connectivity index (χ0) is 19.1. The Bertz CT molecular complexity index is 562. The van der Waals surface area contributed by atoms with Crippen LogP contribution in [0.25, 0.3) is 0 Å². The van der Waals surface area contributed by atoms with Gasteiger partial charge in [0.25, 0.3) is 0 Å². The maximum atomic E-state index is 12.2.